The van der Waals surface area contributed by atoms with Crippen molar-refractivity contribution in [2.45, 2.75) is 19.4 Å². The molecule has 0 bridgehead atoms. The molecule has 0 radical (unpaired) electrons. The van der Waals surface area contributed by atoms with Gasteiger partial charge in [-0.1, -0.05) is 0 Å². The Morgan fingerprint density at radius 3 is 3.05 bits per heavy atom. The number of nitrogens with zero attached hydrogens (tertiary/aromatic N) is 4. The first-order chi connectivity index (χ1) is 9.79. The highest BCUT2D eigenvalue weighted by atomic mass is 16.6. The van der Waals surface area contributed by atoms with Gasteiger partial charge in [-0.2, -0.15) is 5.10 Å². The standard InChI is InChI=1S/C13H11N5O2/c19-13(8-3-4-10-11(6-8)17-20-16-10)14-12-7-9-2-1-5-18(9)15-12/h3-4,6-7H,1-2,5H2,(H,14,15,19). The SMILES string of the molecule is O=C(Nc1cc2n(n1)CCC2)c1ccc2nonc2c1. The second-order valence-electron chi connectivity index (χ2n) is 4.77. The number of anilines is 1. The van der Waals surface area contributed by atoms with E-state index in [4.69, 9.17) is 0 Å². The summed E-state index contributed by atoms with van der Waals surface area (Å²) in [4.78, 5) is 12.2. The van der Waals surface area contributed by atoms with E-state index >= 15 is 0 Å². The van der Waals surface area contributed by atoms with Crippen molar-refractivity contribution in [3.8, 4) is 0 Å². The Labute approximate surface area is 113 Å². The van der Waals surface area contributed by atoms with Gasteiger partial charge in [-0.3, -0.25) is 9.48 Å². The number of aryl methyl sites for hydroxylation is 2. The minimum atomic E-state index is -0.216. The molecule has 0 saturated carbocycles. The summed E-state index contributed by atoms with van der Waals surface area (Å²) >= 11 is 0. The molecule has 20 heavy (non-hydrogen) atoms. The van der Waals surface area contributed by atoms with Crippen molar-refractivity contribution >= 4 is 22.8 Å². The monoisotopic (exact) mass is 269 g/mol. The Morgan fingerprint density at radius 1 is 1.25 bits per heavy atom. The Hall–Kier alpha value is -2.70. The van der Waals surface area contributed by atoms with Crippen molar-refractivity contribution in [2.24, 2.45) is 0 Å². The van der Waals surface area contributed by atoms with Gasteiger partial charge in [0.1, 0.15) is 11.0 Å². The molecule has 0 atom stereocenters. The highest BCUT2D eigenvalue weighted by Gasteiger charge is 2.16. The van der Waals surface area contributed by atoms with Gasteiger partial charge >= 0.3 is 0 Å². The molecule has 7 nitrogen and oxygen atoms in total. The Morgan fingerprint density at radius 2 is 2.15 bits per heavy atom. The first-order valence-electron chi connectivity index (χ1n) is 6.40. The van der Waals surface area contributed by atoms with Crippen LogP contribution in [0.2, 0.25) is 0 Å². The molecular formula is C13H11N5O2. The van der Waals surface area contributed by atoms with Crippen LogP contribution in [-0.2, 0) is 13.0 Å². The van der Waals surface area contributed by atoms with Gasteiger partial charge in [0, 0.05) is 23.9 Å². The topological polar surface area (TPSA) is 85.8 Å². The van der Waals surface area contributed by atoms with Gasteiger partial charge in [0.25, 0.3) is 5.91 Å². The van der Waals surface area contributed by atoms with E-state index < -0.39 is 0 Å². The van der Waals surface area contributed by atoms with Crippen LogP contribution in [-0.4, -0.2) is 26.0 Å². The zero-order valence-electron chi connectivity index (χ0n) is 10.5. The molecule has 1 amide bonds. The highest BCUT2D eigenvalue weighted by molar-refractivity contribution is 6.05. The van der Waals surface area contributed by atoms with Crippen LogP contribution in [0.15, 0.2) is 28.9 Å². The van der Waals surface area contributed by atoms with Crippen LogP contribution in [0.5, 0.6) is 0 Å². The number of nitrogens with one attached hydrogen (secondary N) is 1. The van der Waals surface area contributed by atoms with Crippen molar-refractivity contribution in [2.75, 3.05) is 5.32 Å². The number of carbonyl (C=O) groups is 1. The van der Waals surface area contributed by atoms with Crippen molar-refractivity contribution < 1.29 is 9.42 Å². The molecule has 0 fully saturated rings. The Bertz CT molecular complexity index is 783. The number of amides is 1. The lowest BCUT2D eigenvalue weighted by Gasteiger charge is -2.01. The number of carbonyl (C=O) groups excluding carboxylic acids is 1. The molecule has 1 aliphatic rings. The molecule has 7 heteroatoms. The normalized spacial score (nSPS) is 13.6. The summed E-state index contributed by atoms with van der Waals surface area (Å²) in [7, 11) is 0. The minimum absolute atomic E-state index is 0.216. The van der Waals surface area contributed by atoms with Gasteiger partial charge in [0.15, 0.2) is 5.82 Å². The van der Waals surface area contributed by atoms with Crippen LogP contribution < -0.4 is 5.32 Å². The second-order valence-corrected chi connectivity index (χ2v) is 4.77. The minimum Gasteiger partial charge on any atom is -0.305 e. The maximum Gasteiger partial charge on any atom is 0.256 e. The average Bonchev–Trinajstić information content (AvgIpc) is 3.11. The van der Waals surface area contributed by atoms with Gasteiger partial charge in [0.05, 0.1) is 0 Å². The summed E-state index contributed by atoms with van der Waals surface area (Å²) in [6, 6.07) is 6.95. The van der Waals surface area contributed by atoms with E-state index in [-0.39, 0.29) is 5.91 Å². The number of hydrogen-bond donors (Lipinski definition) is 1. The average molecular weight is 269 g/mol. The summed E-state index contributed by atoms with van der Waals surface area (Å²) in [5.74, 6) is 0.370. The largest absolute Gasteiger partial charge is 0.305 e. The van der Waals surface area contributed by atoms with Gasteiger partial charge in [-0.05, 0) is 41.4 Å². The zero-order chi connectivity index (χ0) is 13.5. The van der Waals surface area contributed by atoms with Crippen LogP contribution in [0.4, 0.5) is 5.82 Å². The lowest BCUT2D eigenvalue weighted by Crippen LogP contribution is -2.12. The van der Waals surface area contributed by atoms with E-state index in [1.54, 1.807) is 18.2 Å². The van der Waals surface area contributed by atoms with E-state index in [2.05, 4.69) is 25.4 Å². The predicted octanol–water partition coefficient (Wildman–Crippen LogP) is 1.62. The third-order valence-corrected chi connectivity index (χ3v) is 3.42. The summed E-state index contributed by atoms with van der Waals surface area (Å²) < 4.78 is 6.54. The van der Waals surface area contributed by atoms with E-state index in [1.165, 1.54) is 0 Å². The third kappa shape index (κ3) is 1.75. The highest BCUT2D eigenvalue weighted by Crippen LogP contribution is 2.19. The molecule has 3 aromatic rings. The molecule has 1 aromatic carbocycles. The van der Waals surface area contributed by atoms with Crippen LogP contribution in [0.1, 0.15) is 22.5 Å². The first kappa shape index (κ1) is 11.2. The molecular weight excluding hydrogens is 258 g/mol. The molecule has 4 rings (SSSR count). The molecule has 2 aromatic heterocycles. The number of fused-ring (bicyclic) bond motifs is 2. The summed E-state index contributed by atoms with van der Waals surface area (Å²) in [6.07, 6.45) is 2.13. The second kappa shape index (κ2) is 4.16. The molecule has 100 valence electrons. The van der Waals surface area contributed by atoms with E-state index in [0.29, 0.717) is 22.4 Å². The molecule has 1 N–H and O–H groups in total. The van der Waals surface area contributed by atoms with Gasteiger partial charge in [0.2, 0.25) is 0 Å². The molecule has 0 aliphatic carbocycles. The molecule has 1 aliphatic heterocycles. The molecule has 0 saturated heterocycles. The molecule has 3 heterocycles. The number of hydrogen-bond acceptors (Lipinski definition) is 5. The smallest absolute Gasteiger partial charge is 0.256 e. The van der Waals surface area contributed by atoms with Crippen LogP contribution >= 0.6 is 0 Å². The lowest BCUT2D eigenvalue weighted by atomic mass is 10.2. The van der Waals surface area contributed by atoms with Crippen LogP contribution in [0.3, 0.4) is 0 Å². The van der Waals surface area contributed by atoms with Crippen molar-refractivity contribution in [1.82, 2.24) is 20.1 Å². The van der Waals surface area contributed by atoms with Gasteiger partial charge in [-0.25, -0.2) is 4.63 Å². The molecule has 0 unspecified atom stereocenters. The van der Waals surface area contributed by atoms with E-state index in [0.717, 1.165) is 25.1 Å². The van der Waals surface area contributed by atoms with E-state index in [1.807, 2.05) is 10.7 Å². The summed E-state index contributed by atoms with van der Waals surface area (Å²) in [6.45, 7) is 0.918. The fraction of sp³-hybridized carbons (Fsp3) is 0.231. The maximum atomic E-state index is 12.2. The van der Waals surface area contributed by atoms with Crippen LogP contribution in [0.25, 0.3) is 11.0 Å². The number of rotatable bonds is 2. The van der Waals surface area contributed by atoms with Crippen molar-refractivity contribution in [3.05, 3.63) is 35.5 Å². The fourth-order valence-corrected chi connectivity index (χ4v) is 2.43. The summed E-state index contributed by atoms with van der Waals surface area (Å²) in [5, 5.41) is 14.6. The van der Waals surface area contributed by atoms with Crippen molar-refractivity contribution in [3.63, 3.8) is 0 Å². The van der Waals surface area contributed by atoms with Crippen LogP contribution in [0, 0.1) is 0 Å². The fourth-order valence-electron chi connectivity index (χ4n) is 2.43. The summed E-state index contributed by atoms with van der Waals surface area (Å²) in [5.41, 5.74) is 2.85. The lowest BCUT2D eigenvalue weighted by molar-refractivity contribution is 0.102. The Balaban J connectivity index is 1.59. The quantitative estimate of drug-likeness (QED) is 0.764. The van der Waals surface area contributed by atoms with Crippen molar-refractivity contribution in [1.29, 1.82) is 0 Å². The van der Waals surface area contributed by atoms with Gasteiger partial charge in [-0.15, -0.1) is 0 Å². The van der Waals surface area contributed by atoms with E-state index in [9.17, 15) is 4.79 Å². The maximum absolute atomic E-state index is 12.2. The third-order valence-electron chi connectivity index (χ3n) is 3.42. The first-order valence-corrected chi connectivity index (χ1v) is 6.40. The van der Waals surface area contributed by atoms with Gasteiger partial charge < -0.3 is 5.32 Å². The zero-order valence-corrected chi connectivity index (χ0v) is 10.5. The molecule has 0 spiro atoms. The Kier molecular flexibility index (Phi) is 2.32. The number of aromatic nitrogens is 4. The predicted molar refractivity (Wildman–Crippen MR) is 70.3 cm³/mol. The number of benzene rings is 1.